The third kappa shape index (κ3) is 4.10. The Morgan fingerprint density at radius 3 is 2.36 bits per heavy atom. The van der Waals surface area contributed by atoms with Crippen LogP contribution >= 0.6 is 23.5 Å². The number of benzene rings is 2. The molecule has 0 unspecified atom stereocenters. The molecule has 1 aliphatic heterocycles. The first kappa shape index (κ1) is 19.8. The SMILES string of the molecule is Cc1ccc([S@](=O)N[C@H](c2ccco2)C2(c3ccccc3)SCCCS2)cc1. The minimum absolute atomic E-state index is 0.220. The lowest BCUT2D eigenvalue weighted by atomic mass is 10.0. The lowest BCUT2D eigenvalue weighted by Gasteiger charge is -2.42. The van der Waals surface area contributed by atoms with Crippen molar-refractivity contribution in [1.82, 2.24) is 4.72 Å². The molecule has 0 saturated carbocycles. The van der Waals surface area contributed by atoms with Crippen molar-refractivity contribution < 1.29 is 8.63 Å². The Balaban J connectivity index is 1.74. The van der Waals surface area contributed by atoms with E-state index < -0.39 is 11.0 Å². The minimum Gasteiger partial charge on any atom is -0.468 e. The van der Waals surface area contributed by atoms with E-state index in [1.165, 1.54) is 12.0 Å². The molecular formula is C22H23NO2S3. The van der Waals surface area contributed by atoms with E-state index in [9.17, 15) is 4.21 Å². The summed E-state index contributed by atoms with van der Waals surface area (Å²) in [4.78, 5) is 0.774. The largest absolute Gasteiger partial charge is 0.468 e. The van der Waals surface area contributed by atoms with Gasteiger partial charge in [-0.05, 0) is 54.7 Å². The fraction of sp³-hybridized carbons (Fsp3) is 0.273. The van der Waals surface area contributed by atoms with Gasteiger partial charge in [0.1, 0.15) is 26.9 Å². The Bertz CT molecular complexity index is 905. The molecule has 1 saturated heterocycles. The molecule has 1 aromatic heterocycles. The Morgan fingerprint density at radius 2 is 1.71 bits per heavy atom. The summed E-state index contributed by atoms with van der Waals surface area (Å²) in [5.41, 5.74) is 2.38. The first-order valence-electron chi connectivity index (χ1n) is 9.30. The van der Waals surface area contributed by atoms with Crippen LogP contribution in [-0.2, 0) is 15.1 Å². The van der Waals surface area contributed by atoms with Crippen molar-refractivity contribution >= 4 is 34.5 Å². The van der Waals surface area contributed by atoms with E-state index in [4.69, 9.17) is 4.42 Å². The molecule has 3 nitrogen and oxygen atoms in total. The maximum absolute atomic E-state index is 13.2. The molecule has 28 heavy (non-hydrogen) atoms. The Hall–Kier alpha value is -1.47. The molecule has 0 amide bonds. The van der Waals surface area contributed by atoms with E-state index in [1.807, 2.05) is 72.9 Å². The molecule has 0 spiro atoms. The average molecular weight is 430 g/mol. The number of hydrogen-bond acceptors (Lipinski definition) is 4. The monoisotopic (exact) mass is 429 g/mol. The second kappa shape index (κ2) is 8.91. The summed E-state index contributed by atoms with van der Waals surface area (Å²) in [7, 11) is -1.34. The highest BCUT2D eigenvalue weighted by Gasteiger charge is 2.46. The number of hydrogen-bond donors (Lipinski definition) is 1. The fourth-order valence-electron chi connectivity index (χ4n) is 3.33. The van der Waals surface area contributed by atoms with Crippen LogP contribution in [0.5, 0.6) is 0 Å². The van der Waals surface area contributed by atoms with Crippen LogP contribution in [0.2, 0.25) is 0 Å². The lowest BCUT2D eigenvalue weighted by molar-refractivity contribution is 0.433. The van der Waals surface area contributed by atoms with Gasteiger partial charge in [-0.2, -0.15) is 0 Å². The van der Waals surface area contributed by atoms with Crippen LogP contribution in [0.3, 0.4) is 0 Å². The van der Waals surface area contributed by atoms with Gasteiger partial charge in [-0.15, -0.1) is 23.5 Å². The van der Waals surface area contributed by atoms with Crippen molar-refractivity contribution in [3.8, 4) is 0 Å². The maximum Gasteiger partial charge on any atom is 0.125 e. The second-order valence-electron chi connectivity index (χ2n) is 6.73. The fourth-order valence-corrected chi connectivity index (χ4v) is 8.00. The lowest BCUT2D eigenvalue weighted by Crippen LogP contribution is -2.39. The van der Waals surface area contributed by atoms with Gasteiger partial charge in [0.05, 0.1) is 11.2 Å². The van der Waals surface area contributed by atoms with Crippen molar-refractivity contribution in [1.29, 1.82) is 0 Å². The van der Waals surface area contributed by atoms with Gasteiger partial charge in [-0.25, -0.2) is 8.93 Å². The van der Waals surface area contributed by atoms with E-state index in [1.54, 1.807) is 6.26 Å². The summed E-state index contributed by atoms with van der Waals surface area (Å²) in [6.07, 6.45) is 2.87. The quantitative estimate of drug-likeness (QED) is 0.549. The molecule has 0 aliphatic carbocycles. The Labute approximate surface area is 177 Å². The van der Waals surface area contributed by atoms with Crippen molar-refractivity contribution in [3.05, 3.63) is 89.9 Å². The zero-order valence-corrected chi connectivity index (χ0v) is 18.1. The summed E-state index contributed by atoms with van der Waals surface area (Å²) in [5, 5.41) is 0. The predicted octanol–water partition coefficient (Wildman–Crippen LogP) is 5.66. The van der Waals surface area contributed by atoms with Gasteiger partial charge in [0.25, 0.3) is 0 Å². The number of thioether (sulfide) groups is 2. The topological polar surface area (TPSA) is 42.2 Å². The second-order valence-corrected chi connectivity index (χ2v) is 10.9. The molecule has 2 aromatic carbocycles. The number of aryl methyl sites for hydroxylation is 1. The smallest absolute Gasteiger partial charge is 0.125 e. The summed E-state index contributed by atoms with van der Waals surface area (Å²) < 4.78 is 22.2. The molecule has 4 rings (SSSR count). The summed E-state index contributed by atoms with van der Waals surface area (Å²) in [6.45, 7) is 2.03. The van der Waals surface area contributed by atoms with Gasteiger partial charge in [0.15, 0.2) is 0 Å². The van der Waals surface area contributed by atoms with E-state index >= 15 is 0 Å². The Morgan fingerprint density at radius 1 is 1.00 bits per heavy atom. The molecule has 2 heterocycles. The van der Waals surface area contributed by atoms with E-state index in [-0.39, 0.29) is 10.1 Å². The summed E-state index contributed by atoms with van der Waals surface area (Å²) in [6, 6.07) is 22.0. The zero-order chi connectivity index (χ0) is 19.4. The normalized spacial score (nSPS) is 18.5. The van der Waals surface area contributed by atoms with Crippen molar-refractivity contribution in [2.24, 2.45) is 0 Å². The molecule has 0 radical (unpaired) electrons. The number of furan rings is 1. The number of nitrogens with one attached hydrogen (secondary N) is 1. The molecular weight excluding hydrogens is 406 g/mol. The first-order valence-corrected chi connectivity index (χ1v) is 12.4. The summed E-state index contributed by atoms with van der Waals surface area (Å²) >= 11 is 3.83. The first-order chi connectivity index (χ1) is 13.7. The third-order valence-electron chi connectivity index (χ3n) is 4.77. The standard InChI is InChI=1S/C22H23NO2S3/c1-17-10-12-19(13-11-17)28(24)23-21(20-9-5-14-25-20)22(26-15-6-16-27-22)18-7-3-2-4-8-18/h2-5,7-14,21,23H,6,15-16H2,1H3/t21-,28+/m1/s1. The molecule has 1 aliphatic rings. The van der Waals surface area contributed by atoms with E-state index in [2.05, 4.69) is 29.0 Å². The van der Waals surface area contributed by atoms with Gasteiger partial charge in [-0.1, -0.05) is 48.0 Å². The Kier molecular flexibility index (Phi) is 6.31. The maximum atomic E-state index is 13.2. The predicted molar refractivity (Wildman–Crippen MR) is 120 cm³/mol. The highest BCUT2D eigenvalue weighted by Crippen LogP contribution is 2.57. The van der Waals surface area contributed by atoms with E-state index in [0.717, 1.165) is 27.7 Å². The molecule has 146 valence electrons. The van der Waals surface area contributed by atoms with Crippen LogP contribution in [0.25, 0.3) is 0 Å². The van der Waals surface area contributed by atoms with Crippen molar-refractivity contribution in [3.63, 3.8) is 0 Å². The van der Waals surface area contributed by atoms with Gasteiger partial charge < -0.3 is 4.42 Å². The molecule has 2 atom stereocenters. The van der Waals surface area contributed by atoms with E-state index in [0.29, 0.717) is 0 Å². The molecule has 0 bridgehead atoms. The third-order valence-corrected chi connectivity index (χ3v) is 9.41. The zero-order valence-electron chi connectivity index (χ0n) is 15.7. The average Bonchev–Trinajstić information content (AvgIpc) is 3.28. The molecule has 3 aromatic rings. The summed E-state index contributed by atoms with van der Waals surface area (Å²) in [5.74, 6) is 2.95. The van der Waals surface area contributed by atoms with Crippen LogP contribution in [0, 0.1) is 6.92 Å². The molecule has 6 heteroatoms. The number of rotatable bonds is 6. The van der Waals surface area contributed by atoms with Gasteiger partial charge in [0, 0.05) is 0 Å². The van der Waals surface area contributed by atoms with Gasteiger partial charge in [0.2, 0.25) is 0 Å². The van der Waals surface area contributed by atoms with Gasteiger partial charge >= 0.3 is 0 Å². The molecule has 1 fully saturated rings. The van der Waals surface area contributed by atoms with Crippen molar-refractivity contribution in [2.45, 2.75) is 28.4 Å². The van der Waals surface area contributed by atoms with Crippen LogP contribution in [0.1, 0.15) is 29.3 Å². The van der Waals surface area contributed by atoms with Crippen LogP contribution < -0.4 is 4.72 Å². The van der Waals surface area contributed by atoms with Crippen LogP contribution in [0.15, 0.2) is 82.3 Å². The van der Waals surface area contributed by atoms with Gasteiger partial charge in [-0.3, -0.25) is 0 Å². The minimum atomic E-state index is -1.34. The highest BCUT2D eigenvalue weighted by atomic mass is 32.2. The van der Waals surface area contributed by atoms with Crippen LogP contribution in [-0.4, -0.2) is 15.7 Å². The highest BCUT2D eigenvalue weighted by molar-refractivity contribution is 8.18. The molecule has 1 N–H and O–H groups in total. The van der Waals surface area contributed by atoms with Crippen LogP contribution in [0.4, 0.5) is 0 Å². The van der Waals surface area contributed by atoms with Crippen molar-refractivity contribution in [2.75, 3.05) is 11.5 Å².